The molecule has 26 heavy (non-hydrogen) atoms. The van der Waals surface area contributed by atoms with Crippen molar-refractivity contribution in [3.63, 3.8) is 0 Å². The predicted molar refractivity (Wildman–Crippen MR) is 108 cm³/mol. The van der Waals surface area contributed by atoms with Gasteiger partial charge < -0.3 is 9.72 Å². The lowest BCUT2D eigenvalue weighted by molar-refractivity contribution is 0.403. The van der Waals surface area contributed by atoms with Crippen LogP contribution in [0.25, 0.3) is 33.7 Å². The van der Waals surface area contributed by atoms with Gasteiger partial charge in [-0.2, -0.15) is 0 Å². The van der Waals surface area contributed by atoms with Gasteiger partial charge in [0, 0.05) is 26.4 Å². The Bertz CT molecular complexity index is 1080. The van der Waals surface area contributed by atoms with E-state index in [0.29, 0.717) is 16.8 Å². The molecule has 1 N–H and O–H groups in total. The molecule has 0 aliphatic heterocycles. The molecule has 4 nitrogen and oxygen atoms in total. The van der Waals surface area contributed by atoms with Crippen molar-refractivity contribution in [1.82, 2.24) is 15.0 Å². The van der Waals surface area contributed by atoms with Crippen LogP contribution in [0, 0.1) is 0 Å². The Balaban J connectivity index is 1.86. The lowest BCUT2D eigenvalue weighted by atomic mass is 10.1. The minimum Gasteiger partial charge on any atom is -0.479 e. The molecule has 0 unspecified atom stereocenters. The number of H-pyrrole nitrogens is 1. The van der Waals surface area contributed by atoms with Crippen molar-refractivity contribution in [3.05, 3.63) is 51.7 Å². The fraction of sp³-hybridized carbons (Fsp3) is 0.200. The number of imidazole rings is 1. The normalized spacial score (nSPS) is 11.4. The van der Waals surface area contributed by atoms with E-state index in [4.69, 9.17) is 21.3 Å². The molecule has 1 aromatic carbocycles. The van der Waals surface area contributed by atoms with Crippen LogP contribution < -0.4 is 4.74 Å². The first-order valence-electron chi connectivity index (χ1n) is 8.35. The summed E-state index contributed by atoms with van der Waals surface area (Å²) in [6, 6.07) is 11.8. The van der Waals surface area contributed by atoms with Gasteiger partial charge in [0.2, 0.25) is 5.88 Å². The topological polar surface area (TPSA) is 50.8 Å². The lowest BCUT2D eigenvalue weighted by Gasteiger charge is -2.06. The molecule has 0 radical (unpaired) electrons. The van der Waals surface area contributed by atoms with Gasteiger partial charge in [0.15, 0.2) is 0 Å². The summed E-state index contributed by atoms with van der Waals surface area (Å²) < 4.78 is 5.50. The fourth-order valence-electron chi connectivity index (χ4n) is 2.85. The van der Waals surface area contributed by atoms with Crippen LogP contribution in [0.2, 0.25) is 5.02 Å². The number of fused-ring (bicyclic) bond motifs is 1. The largest absolute Gasteiger partial charge is 0.479 e. The quantitative estimate of drug-likeness (QED) is 0.460. The molecule has 6 heteroatoms. The second kappa shape index (κ2) is 6.74. The Kier molecular flexibility index (Phi) is 4.42. The summed E-state index contributed by atoms with van der Waals surface area (Å²) in [5.41, 5.74) is 4.27. The average molecular weight is 384 g/mol. The van der Waals surface area contributed by atoms with Crippen LogP contribution in [0.15, 0.2) is 41.8 Å². The van der Waals surface area contributed by atoms with Gasteiger partial charge in [-0.1, -0.05) is 43.6 Å². The molecular weight excluding hydrogens is 366 g/mol. The highest BCUT2D eigenvalue weighted by Gasteiger charge is 2.16. The highest BCUT2D eigenvalue weighted by molar-refractivity contribution is 7.10. The second-order valence-electron chi connectivity index (χ2n) is 6.37. The van der Waals surface area contributed by atoms with Gasteiger partial charge in [-0.05, 0) is 24.1 Å². The van der Waals surface area contributed by atoms with Crippen molar-refractivity contribution in [3.8, 4) is 28.5 Å². The van der Waals surface area contributed by atoms with E-state index in [-0.39, 0.29) is 0 Å². The lowest BCUT2D eigenvalue weighted by Crippen LogP contribution is -1.92. The number of pyridine rings is 1. The molecule has 0 bridgehead atoms. The summed E-state index contributed by atoms with van der Waals surface area (Å²) in [6.45, 7) is 4.38. The predicted octanol–water partition coefficient (Wildman–Crippen LogP) is 6.14. The molecule has 3 heterocycles. The first-order chi connectivity index (χ1) is 12.6. The van der Waals surface area contributed by atoms with Crippen molar-refractivity contribution in [2.75, 3.05) is 7.11 Å². The SMILES string of the molecule is COc1nc(-c2ccccc2Cl)cc2nc(-c3csc(C(C)C)c3)[nH]c12. The van der Waals surface area contributed by atoms with Crippen molar-refractivity contribution >= 4 is 34.0 Å². The highest BCUT2D eigenvalue weighted by Crippen LogP contribution is 2.34. The van der Waals surface area contributed by atoms with Gasteiger partial charge in [-0.3, -0.25) is 0 Å². The van der Waals surface area contributed by atoms with Crippen LogP contribution in [-0.2, 0) is 0 Å². The number of benzene rings is 1. The molecule has 3 aromatic heterocycles. The molecule has 0 aliphatic carbocycles. The molecule has 0 atom stereocenters. The Morgan fingerprint density at radius 2 is 1.96 bits per heavy atom. The Morgan fingerprint density at radius 1 is 1.15 bits per heavy atom. The summed E-state index contributed by atoms with van der Waals surface area (Å²) in [4.78, 5) is 14.1. The van der Waals surface area contributed by atoms with E-state index in [1.54, 1.807) is 18.4 Å². The van der Waals surface area contributed by atoms with E-state index in [2.05, 4.69) is 35.3 Å². The number of hydrogen-bond acceptors (Lipinski definition) is 4. The Labute approximate surface area is 160 Å². The molecule has 0 fully saturated rings. The number of aromatic amines is 1. The Hall–Kier alpha value is -2.37. The maximum Gasteiger partial charge on any atom is 0.240 e. The summed E-state index contributed by atoms with van der Waals surface area (Å²) in [6.07, 6.45) is 0. The molecule has 0 amide bonds. The number of nitrogens with zero attached hydrogens (tertiary/aromatic N) is 2. The molecule has 132 valence electrons. The number of ether oxygens (including phenoxy) is 1. The molecule has 4 aromatic rings. The molecule has 0 aliphatic rings. The van der Waals surface area contributed by atoms with E-state index in [1.807, 2.05) is 30.3 Å². The van der Waals surface area contributed by atoms with E-state index in [0.717, 1.165) is 33.7 Å². The van der Waals surface area contributed by atoms with Gasteiger partial charge >= 0.3 is 0 Å². The van der Waals surface area contributed by atoms with E-state index >= 15 is 0 Å². The number of hydrogen-bond donors (Lipinski definition) is 1. The van der Waals surface area contributed by atoms with E-state index in [9.17, 15) is 0 Å². The van der Waals surface area contributed by atoms with Gasteiger partial charge in [0.25, 0.3) is 0 Å². The van der Waals surface area contributed by atoms with Crippen LogP contribution in [0.1, 0.15) is 24.6 Å². The van der Waals surface area contributed by atoms with Crippen LogP contribution in [0.3, 0.4) is 0 Å². The molecule has 0 spiro atoms. The fourth-order valence-corrected chi connectivity index (χ4v) is 3.99. The molecule has 0 saturated heterocycles. The number of thiophene rings is 1. The maximum absolute atomic E-state index is 6.33. The van der Waals surface area contributed by atoms with Crippen molar-refractivity contribution in [2.45, 2.75) is 19.8 Å². The van der Waals surface area contributed by atoms with Gasteiger partial charge in [0.05, 0.1) is 18.3 Å². The van der Waals surface area contributed by atoms with Crippen molar-refractivity contribution in [1.29, 1.82) is 0 Å². The zero-order valence-electron chi connectivity index (χ0n) is 14.7. The van der Waals surface area contributed by atoms with Gasteiger partial charge in [-0.25, -0.2) is 9.97 Å². The number of aromatic nitrogens is 3. The highest BCUT2D eigenvalue weighted by atomic mass is 35.5. The van der Waals surface area contributed by atoms with Gasteiger partial charge in [-0.15, -0.1) is 11.3 Å². The third-order valence-electron chi connectivity index (χ3n) is 4.25. The third-order valence-corrected chi connectivity index (χ3v) is 5.81. The van der Waals surface area contributed by atoms with Crippen molar-refractivity contribution in [2.24, 2.45) is 0 Å². The Morgan fingerprint density at radius 3 is 2.65 bits per heavy atom. The standard InChI is InChI=1S/C20H18ClN3OS/c1-11(2)17-8-12(10-26-17)19-22-16-9-15(13-6-4-5-7-14(13)21)23-20(25-3)18(16)24-19/h4-11H,1-3H3,(H,22,24). The van der Waals surface area contributed by atoms with Crippen LogP contribution in [0.4, 0.5) is 0 Å². The third kappa shape index (κ3) is 2.97. The van der Waals surface area contributed by atoms with Crippen LogP contribution >= 0.6 is 22.9 Å². The zero-order chi connectivity index (χ0) is 18.3. The summed E-state index contributed by atoms with van der Waals surface area (Å²) in [5.74, 6) is 1.83. The maximum atomic E-state index is 6.33. The number of methoxy groups -OCH3 is 1. The van der Waals surface area contributed by atoms with Gasteiger partial charge in [0.1, 0.15) is 11.3 Å². The minimum absolute atomic E-state index is 0.501. The second-order valence-corrected chi connectivity index (χ2v) is 7.72. The summed E-state index contributed by atoms with van der Waals surface area (Å²) in [5, 5.41) is 2.78. The molecule has 0 saturated carbocycles. The molecule has 4 rings (SSSR count). The number of halogens is 1. The minimum atomic E-state index is 0.501. The van der Waals surface area contributed by atoms with E-state index in [1.165, 1.54) is 4.88 Å². The zero-order valence-corrected chi connectivity index (χ0v) is 16.3. The first-order valence-corrected chi connectivity index (χ1v) is 9.61. The summed E-state index contributed by atoms with van der Waals surface area (Å²) in [7, 11) is 1.61. The van der Waals surface area contributed by atoms with Crippen molar-refractivity contribution < 1.29 is 4.74 Å². The van der Waals surface area contributed by atoms with Crippen LogP contribution in [0.5, 0.6) is 5.88 Å². The first kappa shape index (κ1) is 17.1. The summed E-state index contributed by atoms with van der Waals surface area (Å²) >= 11 is 8.08. The average Bonchev–Trinajstić information content (AvgIpc) is 3.28. The number of rotatable bonds is 4. The smallest absolute Gasteiger partial charge is 0.240 e. The van der Waals surface area contributed by atoms with Crippen LogP contribution in [-0.4, -0.2) is 22.1 Å². The molecular formula is C20H18ClN3OS. The number of nitrogens with one attached hydrogen (secondary N) is 1. The monoisotopic (exact) mass is 383 g/mol. The van der Waals surface area contributed by atoms with E-state index < -0.39 is 0 Å².